The lowest BCUT2D eigenvalue weighted by molar-refractivity contribution is -0.123. The van der Waals surface area contributed by atoms with Gasteiger partial charge in [-0.3, -0.25) is 4.79 Å². The molecule has 1 amide bonds. The van der Waals surface area contributed by atoms with Crippen molar-refractivity contribution in [3.05, 3.63) is 94.3 Å². The summed E-state index contributed by atoms with van der Waals surface area (Å²) in [6, 6.07) is 17.0. The predicted octanol–water partition coefficient (Wildman–Crippen LogP) is 3.96. The molecule has 0 saturated heterocycles. The van der Waals surface area contributed by atoms with Crippen LogP contribution in [0.1, 0.15) is 16.7 Å². The first-order valence-corrected chi connectivity index (χ1v) is 11.6. The van der Waals surface area contributed by atoms with E-state index in [2.05, 4.69) is 10.0 Å². The normalized spacial score (nSPS) is 11.2. The van der Waals surface area contributed by atoms with Crippen molar-refractivity contribution in [1.29, 1.82) is 0 Å². The van der Waals surface area contributed by atoms with E-state index in [4.69, 9.17) is 16.3 Å². The van der Waals surface area contributed by atoms with Gasteiger partial charge < -0.3 is 10.1 Å². The summed E-state index contributed by atoms with van der Waals surface area (Å²) in [6.07, 6.45) is 0. The highest BCUT2D eigenvalue weighted by molar-refractivity contribution is 7.89. The van der Waals surface area contributed by atoms with E-state index in [0.717, 1.165) is 5.56 Å². The number of nitrogens with one attached hydrogen (secondary N) is 2. The van der Waals surface area contributed by atoms with Gasteiger partial charge in [0, 0.05) is 18.1 Å². The molecule has 6 nitrogen and oxygen atoms in total. The van der Waals surface area contributed by atoms with Crippen LogP contribution in [0.4, 0.5) is 4.39 Å². The van der Waals surface area contributed by atoms with Crippen LogP contribution in [-0.2, 0) is 27.9 Å². The first kappa shape index (κ1) is 23.7. The number of carbonyl (C=O) groups is 1. The summed E-state index contributed by atoms with van der Waals surface area (Å²) >= 11 is 5.97. The van der Waals surface area contributed by atoms with Crippen molar-refractivity contribution in [2.45, 2.75) is 24.9 Å². The van der Waals surface area contributed by atoms with Crippen molar-refractivity contribution in [3.63, 3.8) is 0 Å². The van der Waals surface area contributed by atoms with E-state index in [0.29, 0.717) is 21.9 Å². The van der Waals surface area contributed by atoms with Crippen molar-refractivity contribution in [3.8, 4) is 5.75 Å². The molecule has 3 aromatic carbocycles. The van der Waals surface area contributed by atoms with Gasteiger partial charge in [0.2, 0.25) is 10.0 Å². The SMILES string of the molecule is Cc1cc(OCC(=O)NCc2cccc(S(=O)(=O)NCc3cccc(F)c3)c2)ccc1Cl. The summed E-state index contributed by atoms with van der Waals surface area (Å²) in [4.78, 5) is 12.1. The van der Waals surface area contributed by atoms with Gasteiger partial charge in [-0.25, -0.2) is 17.5 Å². The zero-order valence-electron chi connectivity index (χ0n) is 17.3. The monoisotopic (exact) mass is 476 g/mol. The van der Waals surface area contributed by atoms with E-state index < -0.39 is 15.8 Å². The Morgan fingerprint density at radius 3 is 2.44 bits per heavy atom. The number of rotatable bonds is 9. The summed E-state index contributed by atoms with van der Waals surface area (Å²) in [5, 5.41) is 3.30. The summed E-state index contributed by atoms with van der Waals surface area (Å²) in [6.45, 7) is 1.75. The van der Waals surface area contributed by atoms with Gasteiger partial charge >= 0.3 is 0 Å². The summed E-state index contributed by atoms with van der Waals surface area (Å²) in [5.41, 5.74) is 1.95. The molecule has 32 heavy (non-hydrogen) atoms. The van der Waals surface area contributed by atoms with Crippen molar-refractivity contribution in [2.24, 2.45) is 0 Å². The smallest absolute Gasteiger partial charge is 0.258 e. The largest absolute Gasteiger partial charge is 0.484 e. The number of hydrogen-bond donors (Lipinski definition) is 2. The van der Waals surface area contributed by atoms with Crippen LogP contribution in [0.5, 0.6) is 5.75 Å². The second-order valence-electron chi connectivity index (χ2n) is 7.08. The van der Waals surface area contributed by atoms with Crippen molar-refractivity contribution in [1.82, 2.24) is 10.0 Å². The molecular formula is C23H22ClFN2O4S. The van der Waals surface area contributed by atoms with E-state index >= 15 is 0 Å². The van der Waals surface area contributed by atoms with Crippen LogP contribution in [0.25, 0.3) is 0 Å². The maximum Gasteiger partial charge on any atom is 0.258 e. The minimum atomic E-state index is -3.81. The summed E-state index contributed by atoms with van der Waals surface area (Å²) in [7, 11) is -3.81. The maximum absolute atomic E-state index is 13.3. The molecule has 0 spiro atoms. The molecule has 0 aliphatic carbocycles. The minimum Gasteiger partial charge on any atom is -0.484 e. The van der Waals surface area contributed by atoms with E-state index in [1.165, 1.54) is 30.3 Å². The van der Waals surface area contributed by atoms with Gasteiger partial charge in [0.05, 0.1) is 4.90 Å². The number of carbonyl (C=O) groups excluding carboxylic acids is 1. The maximum atomic E-state index is 13.3. The Balaban J connectivity index is 1.54. The number of ether oxygens (including phenoxy) is 1. The third-order valence-electron chi connectivity index (χ3n) is 4.55. The Bertz CT molecular complexity index is 1220. The molecule has 0 fully saturated rings. The number of halogens is 2. The molecule has 3 aromatic rings. The zero-order chi connectivity index (χ0) is 23.1. The molecule has 9 heteroatoms. The van der Waals surface area contributed by atoms with Crippen LogP contribution >= 0.6 is 11.6 Å². The standard InChI is InChI=1S/C23H22ClFN2O4S/c1-16-10-20(8-9-22(16)24)31-15-23(28)26-13-18-5-3-7-21(12-18)32(29,30)27-14-17-4-2-6-19(25)11-17/h2-12,27H,13-15H2,1H3,(H,26,28). The van der Waals surface area contributed by atoms with Crippen molar-refractivity contribution < 1.29 is 22.3 Å². The summed E-state index contributed by atoms with van der Waals surface area (Å²) in [5.74, 6) is -0.260. The Morgan fingerprint density at radius 1 is 1.00 bits per heavy atom. The lowest BCUT2D eigenvalue weighted by atomic mass is 10.2. The number of aryl methyl sites for hydroxylation is 1. The average molecular weight is 477 g/mol. The molecule has 0 heterocycles. The lowest BCUT2D eigenvalue weighted by Gasteiger charge is -2.10. The van der Waals surface area contributed by atoms with Gasteiger partial charge in [0.15, 0.2) is 6.61 Å². The Morgan fingerprint density at radius 2 is 1.72 bits per heavy atom. The van der Waals surface area contributed by atoms with Gasteiger partial charge in [0.25, 0.3) is 5.91 Å². The van der Waals surface area contributed by atoms with E-state index in [1.807, 2.05) is 6.92 Å². The average Bonchev–Trinajstić information content (AvgIpc) is 2.77. The van der Waals surface area contributed by atoms with E-state index in [9.17, 15) is 17.6 Å². The number of sulfonamides is 1. The van der Waals surface area contributed by atoms with Gasteiger partial charge in [0.1, 0.15) is 11.6 Å². The van der Waals surface area contributed by atoms with Gasteiger partial charge in [-0.05, 0) is 66.1 Å². The van der Waals surface area contributed by atoms with Gasteiger partial charge in [-0.1, -0.05) is 35.9 Å². The van der Waals surface area contributed by atoms with Crippen LogP contribution in [-0.4, -0.2) is 20.9 Å². The third-order valence-corrected chi connectivity index (χ3v) is 6.38. The number of hydrogen-bond acceptors (Lipinski definition) is 4. The lowest BCUT2D eigenvalue weighted by Crippen LogP contribution is -2.28. The highest BCUT2D eigenvalue weighted by Gasteiger charge is 2.14. The fraction of sp³-hybridized carbons (Fsp3) is 0.174. The van der Waals surface area contributed by atoms with Crippen LogP contribution in [0, 0.1) is 12.7 Å². The van der Waals surface area contributed by atoms with Gasteiger partial charge in [-0.2, -0.15) is 0 Å². The second kappa shape index (κ2) is 10.6. The molecule has 168 valence electrons. The first-order valence-electron chi connectivity index (χ1n) is 9.72. The molecule has 2 N–H and O–H groups in total. The second-order valence-corrected chi connectivity index (χ2v) is 9.25. The quantitative estimate of drug-likeness (QED) is 0.489. The molecule has 0 saturated carbocycles. The molecule has 0 bridgehead atoms. The van der Waals surface area contributed by atoms with E-state index in [1.54, 1.807) is 36.4 Å². The van der Waals surface area contributed by atoms with Crippen molar-refractivity contribution >= 4 is 27.5 Å². The number of benzene rings is 3. The fourth-order valence-corrected chi connectivity index (χ4v) is 4.04. The van der Waals surface area contributed by atoms with Crippen LogP contribution in [0.15, 0.2) is 71.6 Å². The highest BCUT2D eigenvalue weighted by atomic mass is 35.5. The Hall–Kier alpha value is -2.94. The zero-order valence-corrected chi connectivity index (χ0v) is 18.8. The van der Waals surface area contributed by atoms with Gasteiger partial charge in [-0.15, -0.1) is 0 Å². The summed E-state index contributed by atoms with van der Waals surface area (Å²) < 4.78 is 46.3. The van der Waals surface area contributed by atoms with Crippen LogP contribution in [0.3, 0.4) is 0 Å². The fourth-order valence-electron chi connectivity index (χ4n) is 2.84. The van der Waals surface area contributed by atoms with Crippen LogP contribution in [0.2, 0.25) is 5.02 Å². The molecule has 0 unspecified atom stereocenters. The molecule has 0 radical (unpaired) electrons. The molecule has 0 aliphatic heterocycles. The molecule has 0 aliphatic rings. The molecule has 0 aromatic heterocycles. The highest BCUT2D eigenvalue weighted by Crippen LogP contribution is 2.21. The minimum absolute atomic E-state index is 0.0391. The third kappa shape index (κ3) is 6.78. The Kier molecular flexibility index (Phi) is 7.84. The molecule has 3 rings (SSSR count). The van der Waals surface area contributed by atoms with Crippen LogP contribution < -0.4 is 14.8 Å². The van der Waals surface area contributed by atoms with E-state index in [-0.39, 0.29) is 30.5 Å². The predicted molar refractivity (Wildman–Crippen MR) is 120 cm³/mol. The molecular weight excluding hydrogens is 455 g/mol. The topological polar surface area (TPSA) is 84.5 Å². The Labute approximate surface area is 191 Å². The first-order chi connectivity index (χ1) is 15.2. The number of amides is 1. The molecule has 0 atom stereocenters. The van der Waals surface area contributed by atoms with Crippen molar-refractivity contribution in [2.75, 3.05) is 6.61 Å².